The molecule has 1 atom stereocenters. The second-order valence-corrected chi connectivity index (χ2v) is 8.24. The van der Waals surface area contributed by atoms with E-state index < -0.39 is 0 Å². The number of carbonyl (C=O) groups excluding carboxylic acids is 1. The fraction of sp³-hybridized carbons (Fsp3) is 0.458. The molecular formula is C24H28N2O4. The lowest BCUT2D eigenvalue weighted by Crippen LogP contribution is -2.38. The average molecular weight is 408 g/mol. The number of aryl methyl sites for hydroxylation is 2. The molecule has 1 amide bonds. The van der Waals surface area contributed by atoms with Crippen LogP contribution in [0.1, 0.15) is 48.8 Å². The van der Waals surface area contributed by atoms with Crippen LogP contribution in [0.3, 0.4) is 0 Å². The van der Waals surface area contributed by atoms with Crippen molar-refractivity contribution in [2.45, 2.75) is 44.6 Å². The van der Waals surface area contributed by atoms with Crippen LogP contribution in [-0.2, 0) is 17.6 Å². The van der Waals surface area contributed by atoms with Gasteiger partial charge >= 0.3 is 0 Å². The lowest BCUT2D eigenvalue weighted by atomic mass is 9.96. The minimum absolute atomic E-state index is 0.00355. The number of nitrogens with one attached hydrogen (secondary N) is 1. The molecule has 0 radical (unpaired) electrons. The Labute approximate surface area is 176 Å². The van der Waals surface area contributed by atoms with Crippen molar-refractivity contribution in [3.63, 3.8) is 0 Å². The van der Waals surface area contributed by atoms with Gasteiger partial charge in [0.2, 0.25) is 0 Å². The van der Waals surface area contributed by atoms with E-state index >= 15 is 0 Å². The van der Waals surface area contributed by atoms with Crippen molar-refractivity contribution in [3.05, 3.63) is 53.7 Å². The predicted molar refractivity (Wildman–Crippen MR) is 114 cm³/mol. The number of amides is 1. The van der Waals surface area contributed by atoms with E-state index in [0.29, 0.717) is 12.3 Å². The number of furan rings is 2. The molecule has 0 spiro atoms. The van der Waals surface area contributed by atoms with Crippen molar-refractivity contribution < 1.29 is 18.4 Å². The Hall–Kier alpha value is -2.73. The molecule has 3 heterocycles. The van der Waals surface area contributed by atoms with Gasteiger partial charge in [-0.1, -0.05) is 0 Å². The van der Waals surface area contributed by atoms with Gasteiger partial charge in [0.05, 0.1) is 12.3 Å². The van der Waals surface area contributed by atoms with E-state index in [1.165, 1.54) is 31.2 Å². The molecule has 1 aromatic carbocycles. The standard InChI is InChI=1S/C24H28N2O4/c27-24(25-15-20(23-8-5-13-28-23)26-11-3-4-12-26)16-29-17-9-10-22-19(14-17)18-6-1-2-7-21(18)30-22/h5,8-10,13-14,20H,1-4,6-7,11-12,15-16H2,(H,25,27)/t20-/m0/s1. The topological polar surface area (TPSA) is 67.8 Å². The smallest absolute Gasteiger partial charge is 0.258 e. The first-order valence-corrected chi connectivity index (χ1v) is 11.0. The number of benzene rings is 1. The number of likely N-dealkylation sites (tertiary alicyclic amines) is 1. The van der Waals surface area contributed by atoms with Gasteiger partial charge in [0.25, 0.3) is 5.91 Å². The third-order valence-corrected chi connectivity index (χ3v) is 6.24. The van der Waals surface area contributed by atoms with Crippen LogP contribution >= 0.6 is 0 Å². The van der Waals surface area contributed by atoms with Gasteiger partial charge in [-0.05, 0) is 75.5 Å². The zero-order chi connectivity index (χ0) is 20.3. The maximum absolute atomic E-state index is 12.4. The minimum Gasteiger partial charge on any atom is -0.484 e. The summed E-state index contributed by atoms with van der Waals surface area (Å²) in [6, 6.07) is 9.77. The van der Waals surface area contributed by atoms with E-state index in [2.05, 4.69) is 10.2 Å². The summed E-state index contributed by atoms with van der Waals surface area (Å²) < 4.78 is 17.4. The molecule has 1 aliphatic carbocycles. The van der Waals surface area contributed by atoms with E-state index in [4.69, 9.17) is 13.6 Å². The highest BCUT2D eigenvalue weighted by Gasteiger charge is 2.26. The van der Waals surface area contributed by atoms with E-state index in [-0.39, 0.29) is 18.6 Å². The summed E-state index contributed by atoms with van der Waals surface area (Å²) in [5, 5.41) is 4.14. The van der Waals surface area contributed by atoms with Crippen LogP contribution in [-0.4, -0.2) is 37.0 Å². The van der Waals surface area contributed by atoms with Crippen molar-refractivity contribution >= 4 is 16.9 Å². The van der Waals surface area contributed by atoms with Gasteiger partial charge in [0.1, 0.15) is 22.9 Å². The van der Waals surface area contributed by atoms with Crippen molar-refractivity contribution in [3.8, 4) is 5.75 Å². The summed E-state index contributed by atoms with van der Waals surface area (Å²) in [6.45, 7) is 2.58. The molecule has 158 valence electrons. The summed E-state index contributed by atoms with van der Waals surface area (Å²) in [5.74, 6) is 2.58. The van der Waals surface area contributed by atoms with Gasteiger partial charge in [0, 0.05) is 23.9 Å². The molecule has 0 saturated carbocycles. The molecule has 0 bridgehead atoms. The highest BCUT2D eigenvalue weighted by molar-refractivity contribution is 5.84. The van der Waals surface area contributed by atoms with E-state index in [9.17, 15) is 4.79 Å². The Kier molecular flexibility index (Phi) is 5.49. The number of ether oxygens (including phenoxy) is 1. The van der Waals surface area contributed by atoms with Crippen LogP contribution in [0.25, 0.3) is 11.0 Å². The molecule has 3 aromatic rings. The third kappa shape index (κ3) is 3.97. The first-order chi connectivity index (χ1) is 14.8. The summed E-state index contributed by atoms with van der Waals surface area (Å²) in [4.78, 5) is 14.8. The van der Waals surface area contributed by atoms with Crippen LogP contribution in [0.4, 0.5) is 0 Å². The maximum Gasteiger partial charge on any atom is 0.258 e. The highest BCUT2D eigenvalue weighted by atomic mass is 16.5. The molecular weight excluding hydrogens is 380 g/mol. The molecule has 2 aliphatic rings. The van der Waals surface area contributed by atoms with Crippen molar-refractivity contribution in [2.75, 3.05) is 26.2 Å². The molecule has 6 nitrogen and oxygen atoms in total. The monoisotopic (exact) mass is 408 g/mol. The van der Waals surface area contributed by atoms with Crippen LogP contribution < -0.4 is 10.1 Å². The van der Waals surface area contributed by atoms with Crippen molar-refractivity contribution in [2.24, 2.45) is 0 Å². The molecule has 1 aliphatic heterocycles. The second-order valence-electron chi connectivity index (χ2n) is 8.24. The third-order valence-electron chi connectivity index (χ3n) is 6.24. The van der Waals surface area contributed by atoms with Gasteiger partial charge in [-0.25, -0.2) is 0 Å². The van der Waals surface area contributed by atoms with Crippen LogP contribution in [0.2, 0.25) is 0 Å². The van der Waals surface area contributed by atoms with Gasteiger partial charge < -0.3 is 18.9 Å². The number of nitrogens with zero attached hydrogens (tertiary/aromatic N) is 1. The van der Waals surface area contributed by atoms with Crippen molar-refractivity contribution in [1.29, 1.82) is 0 Å². The summed E-state index contributed by atoms with van der Waals surface area (Å²) >= 11 is 0. The van der Waals surface area contributed by atoms with Crippen LogP contribution in [0, 0.1) is 0 Å². The lowest BCUT2D eigenvalue weighted by Gasteiger charge is -2.26. The fourth-order valence-corrected chi connectivity index (χ4v) is 4.69. The zero-order valence-electron chi connectivity index (χ0n) is 17.2. The minimum atomic E-state index is -0.125. The van der Waals surface area contributed by atoms with E-state index in [1.54, 1.807) is 6.26 Å². The molecule has 1 fully saturated rings. The molecule has 30 heavy (non-hydrogen) atoms. The highest BCUT2D eigenvalue weighted by Crippen LogP contribution is 2.34. The Morgan fingerprint density at radius 3 is 2.83 bits per heavy atom. The zero-order valence-corrected chi connectivity index (χ0v) is 17.2. The molecule has 0 unspecified atom stereocenters. The molecule has 6 heteroatoms. The van der Waals surface area contributed by atoms with Crippen LogP contribution in [0.5, 0.6) is 5.75 Å². The number of fused-ring (bicyclic) bond motifs is 3. The Bertz CT molecular complexity index is 1000. The Balaban J connectivity index is 1.19. The second kappa shape index (κ2) is 8.56. The number of carbonyl (C=O) groups is 1. The SMILES string of the molecule is O=C(COc1ccc2oc3c(c2c1)CCCC3)NC[C@@H](c1ccco1)N1CCCC1. The first kappa shape index (κ1) is 19.2. The summed E-state index contributed by atoms with van der Waals surface area (Å²) in [5.41, 5.74) is 2.21. The van der Waals surface area contributed by atoms with Crippen molar-refractivity contribution in [1.82, 2.24) is 10.2 Å². The first-order valence-electron chi connectivity index (χ1n) is 11.0. The van der Waals surface area contributed by atoms with Gasteiger partial charge in [0.15, 0.2) is 6.61 Å². The molecule has 5 rings (SSSR count). The van der Waals surface area contributed by atoms with E-state index in [0.717, 1.165) is 48.4 Å². The Morgan fingerprint density at radius 1 is 1.13 bits per heavy atom. The quantitative estimate of drug-likeness (QED) is 0.633. The predicted octanol–water partition coefficient (Wildman–Crippen LogP) is 4.24. The number of rotatable bonds is 7. The van der Waals surface area contributed by atoms with E-state index in [1.807, 2.05) is 30.3 Å². The molecule has 1 saturated heterocycles. The maximum atomic E-state index is 12.4. The van der Waals surface area contributed by atoms with Gasteiger partial charge in [-0.15, -0.1) is 0 Å². The average Bonchev–Trinajstić information content (AvgIpc) is 3.53. The lowest BCUT2D eigenvalue weighted by molar-refractivity contribution is -0.123. The Morgan fingerprint density at radius 2 is 2.00 bits per heavy atom. The largest absolute Gasteiger partial charge is 0.484 e. The number of hydrogen-bond donors (Lipinski definition) is 1. The van der Waals surface area contributed by atoms with Crippen LogP contribution in [0.15, 0.2) is 45.4 Å². The summed E-state index contributed by atoms with van der Waals surface area (Å²) in [7, 11) is 0. The number of hydrogen-bond acceptors (Lipinski definition) is 5. The normalized spacial score (nSPS) is 17.7. The molecule has 1 N–H and O–H groups in total. The van der Waals surface area contributed by atoms with Gasteiger partial charge in [-0.3, -0.25) is 9.69 Å². The summed E-state index contributed by atoms with van der Waals surface area (Å²) in [6.07, 6.45) is 8.51. The fourth-order valence-electron chi connectivity index (χ4n) is 4.69. The molecule has 2 aromatic heterocycles. The van der Waals surface area contributed by atoms with Gasteiger partial charge in [-0.2, -0.15) is 0 Å².